The molecule has 36 heteroatoms. The van der Waals surface area contributed by atoms with Crippen LogP contribution in [-0.4, -0.2) is 267 Å². The number of nitrogens with two attached hydrogens (primary N) is 1. The van der Waals surface area contributed by atoms with Crippen molar-refractivity contribution >= 4 is 112 Å². The summed E-state index contributed by atoms with van der Waals surface area (Å²) in [7, 11) is 4.47. The molecule has 1 heterocycles. The van der Waals surface area contributed by atoms with E-state index in [-0.39, 0.29) is 32.7 Å². The van der Waals surface area contributed by atoms with Crippen LogP contribution in [0.5, 0.6) is 0 Å². The Morgan fingerprint density at radius 2 is 0.720 bits per heavy atom. The molecule has 0 aromatic carbocycles. The highest BCUT2D eigenvalue weighted by Gasteiger charge is 2.41. The monoisotopic (exact) mass is 1190 g/mol. The van der Waals surface area contributed by atoms with Crippen molar-refractivity contribution in [2.24, 2.45) is 5.84 Å². The van der Waals surface area contributed by atoms with Crippen molar-refractivity contribution in [2.45, 2.75) is 12.4 Å². The largest absolute Gasteiger partial charge is 0.468 e. The zero-order chi connectivity index (χ0) is 56.5. The van der Waals surface area contributed by atoms with Gasteiger partial charge in [-0.15, -0.1) is 0 Å². The second-order valence-electron chi connectivity index (χ2n) is 15.1. The van der Waals surface area contributed by atoms with Crippen LogP contribution >= 0.6 is 22.9 Å². The molecule has 420 valence electrons. The molecule has 0 aliphatic carbocycles. The number of hydrogen-bond donors (Lipinski definition) is 11. The quantitative estimate of drug-likeness (QED) is 0.00406. The second-order valence-corrected chi connectivity index (χ2v) is 15.8. The van der Waals surface area contributed by atoms with Gasteiger partial charge in [0, 0.05) is 43.1 Å². The number of hydrogen-bond acceptors (Lipinski definition) is 23. The van der Waals surface area contributed by atoms with Gasteiger partial charge >= 0.3 is 17.9 Å². The Labute approximate surface area is 441 Å². The van der Waals surface area contributed by atoms with E-state index in [4.69, 9.17) is 15.3 Å². The smallest absolute Gasteiger partial charge is 0.325 e. The molecule has 12 amide bonds. The van der Waals surface area contributed by atoms with Gasteiger partial charge in [-0.3, -0.25) is 86.7 Å². The predicted octanol–water partition coefficient (Wildman–Crippen LogP) is -11.5. The minimum absolute atomic E-state index is 0.112. The van der Waals surface area contributed by atoms with E-state index in [0.717, 1.165) is 40.9 Å². The van der Waals surface area contributed by atoms with Gasteiger partial charge in [0.15, 0.2) is 6.29 Å². The van der Waals surface area contributed by atoms with Gasteiger partial charge in [0.25, 0.3) is 0 Å². The first-order valence-corrected chi connectivity index (χ1v) is 23.1. The van der Waals surface area contributed by atoms with Crippen molar-refractivity contribution in [2.75, 3.05) is 146 Å². The summed E-state index contributed by atoms with van der Waals surface area (Å²) in [5.41, 5.74) is 2.08. The van der Waals surface area contributed by atoms with E-state index in [9.17, 15) is 71.9 Å². The highest BCUT2D eigenvalue weighted by Crippen LogP contribution is 2.23. The fourth-order valence-corrected chi connectivity index (χ4v) is 5.87. The number of carbonyl (C=O) groups excluding carboxylic acids is 15. The summed E-state index contributed by atoms with van der Waals surface area (Å²) in [6.07, 6.45) is -1.29. The van der Waals surface area contributed by atoms with Crippen LogP contribution in [0.4, 0.5) is 0 Å². The summed E-state index contributed by atoms with van der Waals surface area (Å²) < 4.78 is 26.6. The number of nitrogens with one attached hydrogen (secondary N) is 10. The Hall–Kier alpha value is -7.42. The molecular formula is C39H62IN15O20. The summed E-state index contributed by atoms with van der Waals surface area (Å²) in [5, 5.41) is 18.3. The maximum atomic E-state index is 13.2. The molecule has 0 bridgehead atoms. The normalized spacial score (nSPS) is 12.9. The summed E-state index contributed by atoms with van der Waals surface area (Å²) in [6, 6.07) is 0. The molecule has 2 unspecified atom stereocenters. The topological polar surface area (TPSA) is 465 Å². The van der Waals surface area contributed by atoms with E-state index in [1.807, 2.05) is 0 Å². The number of nitrogens with zero attached hydrogens (tertiary/aromatic N) is 4. The molecular weight excluding hydrogens is 1130 g/mol. The number of rotatable bonds is 36. The predicted molar refractivity (Wildman–Crippen MR) is 256 cm³/mol. The summed E-state index contributed by atoms with van der Waals surface area (Å²) in [5.74, 6) is -7.32. The molecule has 0 saturated carbocycles. The van der Waals surface area contributed by atoms with Crippen molar-refractivity contribution in [3.8, 4) is 0 Å². The van der Waals surface area contributed by atoms with Crippen molar-refractivity contribution in [1.82, 2.24) is 71.1 Å². The number of esters is 3. The molecule has 0 aromatic heterocycles. The minimum Gasteiger partial charge on any atom is -0.468 e. The van der Waals surface area contributed by atoms with Gasteiger partial charge in [0.1, 0.15) is 45.4 Å². The van der Waals surface area contributed by atoms with E-state index < -0.39 is 186 Å². The van der Waals surface area contributed by atoms with Crippen LogP contribution in [0.2, 0.25) is 0 Å². The van der Waals surface area contributed by atoms with Crippen molar-refractivity contribution in [3.63, 3.8) is 0 Å². The summed E-state index contributed by atoms with van der Waals surface area (Å²) in [6.45, 7) is -9.77. The fourth-order valence-electron chi connectivity index (χ4n) is 5.52. The second kappa shape index (κ2) is 36.5. The van der Waals surface area contributed by atoms with Gasteiger partial charge in [0.2, 0.25) is 70.9 Å². The average Bonchev–Trinajstić information content (AvgIpc) is 4.14. The Bertz CT molecular complexity index is 2070. The van der Waals surface area contributed by atoms with Crippen LogP contribution in [0.15, 0.2) is 0 Å². The molecule has 1 saturated heterocycles. The van der Waals surface area contributed by atoms with E-state index in [1.165, 1.54) is 7.11 Å². The van der Waals surface area contributed by atoms with Crippen molar-refractivity contribution in [1.29, 1.82) is 0 Å². The third kappa shape index (κ3) is 29.2. The van der Waals surface area contributed by atoms with Crippen LogP contribution in [-0.2, 0) is 95.6 Å². The van der Waals surface area contributed by atoms with Crippen LogP contribution < -0.4 is 57.3 Å². The van der Waals surface area contributed by atoms with Gasteiger partial charge < -0.3 is 85.8 Å². The lowest BCUT2D eigenvalue weighted by Crippen LogP contribution is -2.51. The van der Waals surface area contributed by atoms with Gasteiger partial charge in [0.05, 0.1) is 86.8 Å². The van der Waals surface area contributed by atoms with E-state index in [2.05, 4.69) is 65.7 Å². The zero-order valence-corrected chi connectivity index (χ0v) is 43.4. The molecule has 0 radical (unpaired) electrons. The highest BCUT2D eigenvalue weighted by atomic mass is 127. The number of methoxy groups -OCH3 is 4. The lowest BCUT2D eigenvalue weighted by molar-refractivity contribution is -0.148. The molecule has 1 fully saturated rings. The lowest BCUT2D eigenvalue weighted by Gasteiger charge is -2.22. The molecule has 75 heavy (non-hydrogen) atoms. The van der Waals surface area contributed by atoms with E-state index >= 15 is 0 Å². The maximum Gasteiger partial charge on any atom is 0.325 e. The fraction of sp³-hybridized carbons (Fsp3) is 0.615. The first-order chi connectivity index (χ1) is 35.6. The third-order valence-electron chi connectivity index (χ3n) is 9.46. The van der Waals surface area contributed by atoms with E-state index in [0.29, 0.717) is 0 Å². The molecule has 1 aliphatic rings. The van der Waals surface area contributed by atoms with Crippen LogP contribution in [0.1, 0.15) is 0 Å². The number of epoxide rings is 1. The standard InChI is InChI=1S/C39H62IN15O20/c1-71-36(68)20-53(33(65)12-47-25(57)8-45-31(63)19-55(22-38(70)73-3)35(67)14-49-27(59)10-51-41)17-29(61)43-6-5-42-28(60)16-52(15-23-39(74-4)75-23)32(64)11-46-24(56)7-44-30(62)18-54(21-37(69)72-2)34(66)13-48-26(58)9-50-40/h23,39,50-51H,5-22,41H2,1-4H3,(H,42,60)(H,43,61)(H,44,62)(H,45,63)(H,46,56)(H,47,57)(H,48,58)(H,49,59). The van der Waals surface area contributed by atoms with Crippen molar-refractivity contribution < 1.29 is 95.6 Å². The molecule has 1 rings (SSSR count). The van der Waals surface area contributed by atoms with E-state index in [1.54, 1.807) is 22.9 Å². The lowest BCUT2D eigenvalue weighted by atomic mass is 10.3. The van der Waals surface area contributed by atoms with Gasteiger partial charge in [-0.1, -0.05) is 0 Å². The van der Waals surface area contributed by atoms with Crippen LogP contribution in [0.3, 0.4) is 0 Å². The van der Waals surface area contributed by atoms with Crippen molar-refractivity contribution in [3.05, 3.63) is 0 Å². The van der Waals surface area contributed by atoms with Gasteiger partial charge in [-0.05, 0) is 0 Å². The molecule has 2 atom stereocenters. The Kier molecular flexibility index (Phi) is 31.9. The molecule has 0 spiro atoms. The zero-order valence-electron chi connectivity index (χ0n) is 41.3. The van der Waals surface area contributed by atoms with Crippen LogP contribution in [0, 0.1) is 0 Å². The first kappa shape index (κ1) is 65.6. The Balaban J connectivity index is 2.70. The number of ether oxygens (including phenoxy) is 5. The SMILES string of the molecule is COC(=O)CN(CC(=O)NCCNC(=O)CN(CC1OC1OC)C(=O)CNC(=O)CNC(=O)CN(CC(=O)OC)C(=O)CNC(=O)CNI)C(=O)CNC(=O)CNC(=O)CN(CC(=O)OC)C(=O)CNC(=O)CNN. The Morgan fingerprint density at radius 1 is 0.413 bits per heavy atom. The molecule has 1 aliphatic heterocycles. The minimum atomic E-state index is -0.941. The van der Waals surface area contributed by atoms with Gasteiger partial charge in [-0.25, -0.2) is 0 Å². The maximum absolute atomic E-state index is 13.2. The number of amides is 12. The molecule has 0 aromatic rings. The summed E-state index contributed by atoms with van der Waals surface area (Å²) in [4.78, 5) is 189. The Morgan fingerprint density at radius 3 is 1.04 bits per heavy atom. The molecule has 35 nitrogen and oxygen atoms in total. The number of carbonyl (C=O) groups is 15. The number of halogens is 1. The van der Waals surface area contributed by atoms with Gasteiger partial charge in [-0.2, -0.15) is 0 Å². The summed E-state index contributed by atoms with van der Waals surface area (Å²) >= 11 is 1.72. The first-order valence-electron chi connectivity index (χ1n) is 22.0. The highest BCUT2D eigenvalue weighted by molar-refractivity contribution is 14.1. The molecule has 12 N–H and O–H groups in total. The third-order valence-corrected chi connectivity index (χ3v) is 9.84. The number of hydrazine groups is 1. The average molecular weight is 1190 g/mol. The van der Waals surface area contributed by atoms with Crippen LogP contribution in [0.25, 0.3) is 0 Å².